The number of rotatable bonds is 3. The second-order valence-electron chi connectivity index (χ2n) is 2.64. The summed E-state index contributed by atoms with van der Waals surface area (Å²) in [5.74, 6) is 0. The standard InChI is InChI=1S/C9H13NOS/c1-12(11)9-4-2-8(3-5-9)6-7-10/h2-5H,6-7,10H2,1H3. The van der Waals surface area contributed by atoms with Gasteiger partial charge in [0.1, 0.15) is 6.26 Å². The van der Waals surface area contributed by atoms with Gasteiger partial charge in [-0.1, -0.05) is 12.1 Å². The summed E-state index contributed by atoms with van der Waals surface area (Å²) in [5.41, 5.74) is 6.60. The van der Waals surface area contributed by atoms with Crippen molar-refractivity contribution in [3.8, 4) is 0 Å². The van der Waals surface area contributed by atoms with Crippen molar-refractivity contribution in [3.05, 3.63) is 29.8 Å². The van der Waals surface area contributed by atoms with Crippen LogP contribution in [0.2, 0.25) is 0 Å². The normalized spacial score (nSPS) is 12.9. The molecule has 0 aromatic heterocycles. The minimum atomic E-state index is -0.872. The first kappa shape index (κ1) is 9.58. The number of nitrogens with two attached hydrogens (primary N) is 1. The van der Waals surface area contributed by atoms with E-state index in [1.165, 1.54) is 5.56 Å². The van der Waals surface area contributed by atoms with Crippen LogP contribution in [0.25, 0.3) is 0 Å². The molecule has 0 radical (unpaired) electrons. The van der Waals surface area contributed by atoms with E-state index in [2.05, 4.69) is 0 Å². The van der Waals surface area contributed by atoms with Gasteiger partial charge in [0, 0.05) is 0 Å². The molecule has 0 amide bonds. The van der Waals surface area contributed by atoms with Crippen LogP contribution in [0.4, 0.5) is 0 Å². The van der Waals surface area contributed by atoms with Crippen molar-refractivity contribution in [3.63, 3.8) is 0 Å². The number of benzene rings is 1. The lowest BCUT2D eigenvalue weighted by Gasteiger charge is -2.04. The summed E-state index contributed by atoms with van der Waals surface area (Å²) in [6, 6.07) is 7.73. The molecule has 1 rings (SSSR count). The molecule has 12 heavy (non-hydrogen) atoms. The van der Waals surface area contributed by atoms with E-state index in [9.17, 15) is 4.55 Å². The zero-order valence-corrected chi connectivity index (χ0v) is 7.93. The van der Waals surface area contributed by atoms with Crippen LogP contribution >= 0.6 is 0 Å². The van der Waals surface area contributed by atoms with Crippen molar-refractivity contribution in [2.75, 3.05) is 12.8 Å². The number of hydrogen-bond donors (Lipinski definition) is 1. The fraction of sp³-hybridized carbons (Fsp3) is 0.333. The Kier molecular flexibility index (Phi) is 3.59. The van der Waals surface area contributed by atoms with E-state index in [0.29, 0.717) is 6.54 Å². The van der Waals surface area contributed by atoms with Crippen LogP contribution in [0.3, 0.4) is 0 Å². The lowest BCUT2D eigenvalue weighted by atomic mass is 10.2. The molecule has 0 spiro atoms. The molecule has 2 nitrogen and oxygen atoms in total. The van der Waals surface area contributed by atoms with Gasteiger partial charge in [-0.2, -0.15) is 0 Å². The average molecular weight is 183 g/mol. The Morgan fingerprint density at radius 1 is 1.33 bits per heavy atom. The zero-order valence-electron chi connectivity index (χ0n) is 7.12. The maximum absolute atomic E-state index is 11.0. The molecule has 1 atom stereocenters. The van der Waals surface area contributed by atoms with Crippen LogP contribution in [0, 0.1) is 0 Å². The van der Waals surface area contributed by atoms with Gasteiger partial charge < -0.3 is 10.3 Å². The summed E-state index contributed by atoms with van der Waals surface area (Å²) in [4.78, 5) is 0.871. The summed E-state index contributed by atoms with van der Waals surface area (Å²) < 4.78 is 11.0. The number of hydrogen-bond acceptors (Lipinski definition) is 2. The molecule has 1 aromatic rings. The largest absolute Gasteiger partial charge is 0.612 e. The predicted molar refractivity (Wildman–Crippen MR) is 51.5 cm³/mol. The fourth-order valence-electron chi connectivity index (χ4n) is 1.01. The van der Waals surface area contributed by atoms with E-state index < -0.39 is 11.2 Å². The van der Waals surface area contributed by atoms with Crippen LogP contribution in [-0.4, -0.2) is 17.4 Å². The maximum atomic E-state index is 11.0. The van der Waals surface area contributed by atoms with Crippen molar-refractivity contribution in [1.82, 2.24) is 0 Å². The highest BCUT2D eigenvalue weighted by molar-refractivity contribution is 7.90. The molecule has 0 saturated heterocycles. The first-order valence-electron chi connectivity index (χ1n) is 3.86. The second kappa shape index (κ2) is 4.50. The van der Waals surface area contributed by atoms with Crippen LogP contribution in [0.5, 0.6) is 0 Å². The zero-order chi connectivity index (χ0) is 8.97. The van der Waals surface area contributed by atoms with Crippen LogP contribution in [0.15, 0.2) is 29.2 Å². The van der Waals surface area contributed by atoms with Gasteiger partial charge in [0.15, 0.2) is 4.90 Å². The molecule has 66 valence electrons. The molecule has 0 aliphatic rings. The highest BCUT2D eigenvalue weighted by Gasteiger charge is 2.01. The lowest BCUT2D eigenvalue weighted by molar-refractivity contribution is 0.601. The van der Waals surface area contributed by atoms with E-state index >= 15 is 0 Å². The van der Waals surface area contributed by atoms with Crippen molar-refractivity contribution in [1.29, 1.82) is 0 Å². The van der Waals surface area contributed by atoms with Crippen molar-refractivity contribution >= 4 is 11.2 Å². The Bertz CT molecular complexity index is 233. The molecule has 1 unspecified atom stereocenters. The molecule has 3 heteroatoms. The van der Waals surface area contributed by atoms with Gasteiger partial charge in [-0.15, -0.1) is 0 Å². The molecular weight excluding hydrogens is 170 g/mol. The summed E-state index contributed by atoms with van der Waals surface area (Å²) in [6.07, 6.45) is 2.56. The second-order valence-corrected chi connectivity index (χ2v) is 4.02. The highest BCUT2D eigenvalue weighted by Crippen LogP contribution is 2.10. The Hall–Kier alpha value is -0.510. The topological polar surface area (TPSA) is 49.1 Å². The molecule has 0 heterocycles. The summed E-state index contributed by atoms with van der Waals surface area (Å²) in [7, 11) is 0. The quantitative estimate of drug-likeness (QED) is 0.708. The summed E-state index contributed by atoms with van der Waals surface area (Å²) in [5, 5.41) is 0. The average Bonchev–Trinajstić information content (AvgIpc) is 2.06. The van der Waals surface area contributed by atoms with Crippen molar-refractivity contribution < 1.29 is 4.55 Å². The van der Waals surface area contributed by atoms with Gasteiger partial charge >= 0.3 is 0 Å². The van der Waals surface area contributed by atoms with Gasteiger partial charge in [0.2, 0.25) is 0 Å². The minimum Gasteiger partial charge on any atom is -0.612 e. The van der Waals surface area contributed by atoms with Crippen LogP contribution < -0.4 is 5.73 Å². The third-order valence-corrected chi connectivity index (χ3v) is 2.62. The molecule has 0 fully saturated rings. The van der Waals surface area contributed by atoms with Gasteiger partial charge in [0.25, 0.3) is 0 Å². The fourth-order valence-corrected chi connectivity index (χ4v) is 1.53. The molecule has 1 aromatic carbocycles. The molecule has 0 aliphatic carbocycles. The Morgan fingerprint density at radius 3 is 2.33 bits per heavy atom. The summed E-state index contributed by atoms with van der Waals surface area (Å²) >= 11 is -0.872. The van der Waals surface area contributed by atoms with E-state index in [0.717, 1.165) is 11.3 Å². The lowest BCUT2D eigenvalue weighted by Crippen LogP contribution is -2.03. The smallest absolute Gasteiger partial charge is 0.152 e. The van der Waals surface area contributed by atoms with Crippen LogP contribution in [-0.2, 0) is 17.6 Å². The van der Waals surface area contributed by atoms with Crippen molar-refractivity contribution in [2.45, 2.75) is 11.3 Å². The molecule has 0 bridgehead atoms. The Labute approximate surface area is 76.0 Å². The first-order valence-corrected chi connectivity index (χ1v) is 5.42. The van der Waals surface area contributed by atoms with E-state index in [4.69, 9.17) is 5.73 Å². The van der Waals surface area contributed by atoms with Gasteiger partial charge in [-0.05, 0) is 41.8 Å². The summed E-state index contributed by atoms with van der Waals surface area (Å²) in [6.45, 7) is 0.661. The van der Waals surface area contributed by atoms with Crippen LogP contribution in [0.1, 0.15) is 5.56 Å². The third-order valence-electron chi connectivity index (χ3n) is 1.69. The Balaban J connectivity index is 2.71. The van der Waals surface area contributed by atoms with Gasteiger partial charge in [-0.25, -0.2) is 0 Å². The van der Waals surface area contributed by atoms with E-state index in [1.54, 1.807) is 6.26 Å². The predicted octanol–water partition coefficient (Wildman–Crippen LogP) is 0.925. The van der Waals surface area contributed by atoms with Gasteiger partial charge in [0.05, 0.1) is 0 Å². The van der Waals surface area contributed by atoms with E-state index in [1.807, 2.05) is 24.3 Å². The molecule has 0 saturated carbocycles. The monoisotopic (exact) mass is 183 g/mol. The Morgan fingerprint density at radius 2 is 1.92 bits per heavy atom. The molecule has 2 N–H and O–H groups in total. The van der Waals surface area contributed by atoms with E-state index in [-0.39, 0.29) is 0 Å². The van der Waals surface area contributed by atoms with Crippen molar-refractivity contribution in [2.24, 2.45) is 5.73 Å². The SMILES string of the molecule is C[S+]([O-])c1ccc(CCN)cc1. The molecular formula is C9H13NOS. The first-order chi connectivity index (χ1) is 5.74. The highest BCUT2D eigenvalue weighted by atomic mass is 32.2. The minimum absolute atomic E-state index is 0.661. The maximum Gasteiger partial charge on any atom is 0.152 e. The van der Waals surface area contributed by atoms with Gasteiger partial charge in [-0.3, -0.25) is 0 Å². The third kappa shape index (κ3) is 2.52. The molecule has 0 aliphatic heterocycles.